The maximum absolute atomic E-state index is 12.6. The highest BCUT2D eigenvalue weighted by atomic mass is 35.5. The quantitative estimate of drug-likeness (QED) is 0.782. The summed E-state index contributed by atoms with van der Waals surface area (Å²) in [6, 6.07) is 16.0. The van der Waals surface area contributed by atoms with Gasteiger partial charge in [-0.1, -0.05) is 61.0 Å². The predicted molar refractivity (Wildman–Crippen MR) is 101 cm³/mol. The molecule has 2 amide bonds. The van der Waals surface area contributed by atoms with Crippen molar-refractivity contribution in [1.29, 1.82) is 0 Å². The third-order valence-electron chi connectivity index (χ3n) is 4.04. The van der Waals surface area contributed by atoms with Crippen LogP contribution in [0.2, 0.25) is 5.02 Å². The molecule has 2 N–H and O–H groups in total. The summed E-state index contributed by atoms with van der Waals surface area (Å²) < 4.78 is 0. The summed E-state index contributed by atoms with van der Waals surface area (Å²) >= 11 is 6.10. The van der Waals surface area contributed by atoms with Crippen LogP contribution in [0.4, 0.5) is 0 Å². The fraction of sp³-hybridized carbons (Fsp3) is 0.300. The van der Waals surface area contributed by atoms with Gasteiger partial charge in [-0.2, -0.15) is 0 Å². The topological polar surface area (TPSA) is 58.2 Å². The first kappa shape index (κ1) is 19.0. The van der Waals surface area contributed by atoms with Crippen LogP contribution >= 0.6 is 11.6 Å². The lowest BCUT2D eigenvalue weighted by Crippen LogP contribution is -2.37. The number of hydrogen-bond acceptors (Lipinski definition) is 2. The smallest absolute Gasteiger partial charge is 0.253 e. The first-order valence-electron chi connectivity index (χ1n) is 8.41. The molecule has 132 valence electrons. The first-order chi connectivity index (χ1) is 12.0. The summed E-state index contributed by atoms with van der Waals surface area (Å²) in [5.41, 5.74) is 1.27. The first-order valence-corrected chi connectivity index (χ1v) is 8.78. The molecule has 0 heterocycles. The second-order valence-corrected chi connectivity index (χ2v) is 6.40. The average molecular weight is 359 g/mol. The molecule has 0 aliphatic heterocycles. The molecular formula is C20H23ClN2O2. The Balaban J connectivity index is 2.16. The van der Waals surface area contributed by atoms with Gasteiger partial charge in [-0.15, -0.1) is 0 Å². The number of amides is 2. The molecule has 0 radical (unpaired) electrons. The van der Waals surface area contributed by atoms with Crippen LogP contribution in [0.15, 0.2) is 54.6 Å². The van der Waals surface area contributed by atoms with Crippen LogP contribution < -0.4 is 10.6 Å². The van der Waals surface area contributed by atoms with Crippen molar-refractivity contribution in [2.24, 2.45) is 0 Å². The van der Waals surface area contributed by atoms with Gasteiger partial charge in [0.25, 0.3) is 5.91 Å². The van der Waals surface area contributed by atoms with Crippen LogP contribution in [0.3, 0.4) is 0 Å². The number of rotatable bonds is 7. The number of nitrogens with one attached hydrogen (secondary N) is 2. The highest BCUT2D eigenvalue weighted by Gasteiger charge is 2.20. The minimum absolute atomic E-state index is 0.0948. The van der Waals surface area contributed by atoms with Gasteiger partial charge in [-0.3, -0.25) is 9.59 Å². The Bertz CT molecular complexity index is 719. The molecule has 0 saturated heterocycles. The lowest BCUT2D eigenvalue weighted by atomic mass is 10.0. The summed E-state index contributed by atoms with van der Waals surface area (Å²) in [4.78, 5) is 24.9. The highest BCUT2D eigenvalue weighted by Crippen LogP contribution is 2.20. The van der Waals surface area contributed by atoms with Crippen LogP contribution in [-0.2, 0) is 4.79 Å². The number of hydrogen-bond donors (Lipinski definition) is 2. The van der Waals surface area contributed by atoms with Gasteiger partial charge in [-0.25, -0.2) is 0 Å². The SMILES string of the molecule is CC[C@@H](C)NC(=O)C[C@H](NC(=O)c1ccccc1Cl)c1ccccc1. The molecule has 4 nitrogen and oxygen atoms in total. The van der Waals surface area contributed by atoms with Crippen LogP contribution in [0.5, 0.6) is 0 Å². The third-order valence-corrected chi connectivity index (χ3v) is 4.36. The van der Waals surface area contributed by atoms with E-state index in [0.29, 0.717) is 10.6 Å². The Labute approximate surface area is 153 Å². The average Bonchev–Trinajstić information content (AvgIpc) is 2.62. The zero-order valence-corrected chi connectivity index (χ0v) is 15.2. The Morgan fingerprint density at radius 2 is 1.64 bits per heavy atom. The standard InChI is InChI=1S/C20H23ClN2O2/c1-3-14(2)22-19(24)13-18(15-9-5-4-6-10-15)23-20(25)16-11-7-8-12-17(16)21/h4-12,14,18H,3,13H2,1-2H3,(H,22,24)(H,23,25)/t14-,18+/m1/s1. The van der Waals surface area contributed by atoms with E-state index >= 15 is 0 Å². The molecule has 25 heavy (non-hydrogen) atoms. The molecule has 0 fully saturated rings. The summed E-state index contributed by atoms with van der Waals surface area (Å²) in [7, 11) is 0. The zero-order valence-electron chi connectivity index (χ0n) is 14.5. The molecule has 0 aliphatic rings. The Kier molecular flexibility index (Phi) is 7.02. The van der Waals surface area contributed by atoms with Crippen molar-refractivity contribution in [2.45, 2.75) is 38.8 Å². The minimum Gasteiger partial charge on any atom is -0.354 e. The zero-order chi connectivity index (χ0) is 18.2. The van der Waals surface area contributed by atoms with E-state index < -0.39 is 6.04 Å². The van der Waals surface area contributed by atoms with E-state index in [1.54, 1.807) is 24.3 Å². The van der Waals surface area contributed by atoms with E-state index in [1.165, 1.54) is 0 Å². The Hall–Kier alpha value is -2.33. The Morgan fingerprint density at radius 3 is 2.28 bits per heavy atom. The molecule has 2 aromatic carbocycles. The molecule has 0 bridgehead atoms. The molecule has 2 rings (SSSR count). The van der Waals surface area contributed by atoms with Crippen molar-refractivity contribution in [3.63, 3.8) is 0 Å². The van der Waals surface area contributed by atoms with Crippen LogP contribution in [0, 0.1) is 0 Å². The van der Waals surface area contributed by atoms with Gasteiger partial charge >= 0.3 is 0 Å². The van der Waals surface area contributed by atoms with Crippen molar-refractivity contribution >= 4 is 23.4 Å². The van der Waals surface area contributed by atoms with Crippen molar-refractivity contribution < 1.29 is 9.59 Å². The highest BCUT2D eigenvalue weighted by molar-refractivity contribution is 6.33. The van der Waals surface area contributed by atoms with Gasteiger partial charge in [-0.05, 0) is 31.0 Å². The summed E-state index contributed by atoms with van der Waals surface area (Å²) in [6.07, 6.45) is 1.03. The largest absolute Gasteiger partial charge is 0.354 e. The maximum Gasteiger partial charge on any atom is 0.253 e. The number of halogens is 1. The van der Waals surface area contributed by atoms with Crippen LogP contribution in [-0.4, -0.2) is 17.9 Å². The molecule has 0 aliphatic carbocycles. The second-order valence-electron chi connectivity index (χ2n) is 6.00. The summed E-state index contributed by atoms with van der Waals surface area (Å²) in [5, 5.41) is 6.25. The molecule has 0 spiro atoms. The number of carbonyl (C=O) groups is 2. The van der Waals surface area contributed by atoms with Gasteiger partial charge in [0, 0.05) is 6.04 Å². The van der Waals surface area contributed by atoms with Crippen molar-refractivity contribution in [2.75, 3.05) is 0 Å². The molecule has 0 unspecified atom stereocenters. The predicted octanol–water partition coefficient (Wildman–Crippen LogP) is 4.12. The van der Waals surface area contributed by atoms with E-state index in [-0.39, 0.29) is 24.3 Å². The number of carbonyl (C=O) groups excluding carboxylic acids is 2. The second kappa shape index (κ2) is 9.23. The van der Waals surface area contributed by atoms with Gasteiger partial charge < -0.3 is 10.6 Å². The van der Waals surface area contributed by atoms with E-state index in [0.717, 1.165) is 12.0 Å². The molecule has 2 atom stereocenters. The third kappa shape index (κ3) is 5.61. The fourth-order valence-electron chi connectivity index (χ4n) is 2.44. The van der Waals surface area contributed by atoms with E-state index in [4.69, 9.17) is 11.6 Å². The van der Waals surface area contributed by atoms with Crippen molar-refractivity contribution in [3.05, 3.63) is 70.7 Å². The van der Waals surface area contributed by atoms with E-state index in [1.807, 2.05) is 44.2 Å². The molecular weight excluding hydrogens is 336 g/mol. The number of benzene rings is 2. The monoisotopic (exact) mass is 358 g/mol. The molecule has 0 aromatic heterocycles. The lowest BCUT2D eigenvalue weighted by molar-refractivity contribution is -0.122. The van der Waals surface area contributed by atoms with Gasteiger partial charge in [0.15, 0.2) is 0 Å². The normalized spacial score (nSPS) is 12.9. The minimum atomic E-state index is -0.422. The maximum atomic E-state index is 12.6. The molecule has 5 heteroatoms. The molecule has 2 aromatic rings. The van der Waals surface area contributed by atoms with E-state index in [2.05, 4.69) is 10.6 Å². The summed E-state index contributed by atoms with van der Waals surface area (Å²) in [5.74, 6) is -0.390. The van der Waals surface area contributed by atoms with Crippen molar-refractivity contribution in [1.82, 2.24) is 10.6 Å². The molecule has 0 saturated carbocycles. The lowest BCUT2D eigenvalue weighted by Gasteiger charge is -2.20. The Morgan fingerprint density at radius 1 is 1.00 bits per heavy atom. The van der Waals surface area contributed by atoms with Gasteiger partial charge in [0.05, 0.1) is 23.0 Å². The van der Waals surface area contributed by atoms with E-state index in [9.17, 15) is 9.59 Å². The van der Waals surface area contributed by atoms with Crippen molar-refractivity contribution in [3.8, 4) is 0 Å². The summed E-state index contributed by atoms with van der Waals surface area (Å²) in [6.45, 7) is 3.97. The van der Waals surface area contributed by atoms with Crippen LogP contribution in [0.1, 0.15) is 48.7 Å². The van der Waals surface area contributed by atoms with Crippen LogP contribution in [0.25, 0.3) is 0 Å². The van der Waals surface area contributed by atoms with Gasteiger partial charge in [0.2, 0.25) is 5.91 Å². The van der Waals surface area contributed by atoms with Gasteiger partial charge in [0.1, 0.15) is 0 Å². The fourth-order valence-corrected chi connectivity index (χ4v) is 2.66.